The van der Waals surface area contributed by atoms with E-state index < -0.39 is 0 Å². The van der Waals surface area contributed by atoms with E-state index in [1.54, 1.807) is 6.07 Å². The summed E-state index contributed by atoms with van der Waals surface area (Å²) in [7, 11) is 2.03. The predicted molar refractivity (Wildman–Crippen MR) is 81.8 cm³/mol. The summed E-state index contributed by atoms with van der Waals surface area (Å²) in [6, 6.07) is 5.65. The van der Waals surface area contributed by atoms with Gasteiger partial charge in [-0.2, -0.15) is 0 Å². The van der Waals surface area contributed by atoms with Crippen molar-refractivity contribution in [2.75, 3.05) is 7.05 Å². The van der Waals surface area contributed by atoms with Crippen molar-refractivity contribution in [2.24, 2.45) is 11.8 Å². The van der Waals surface area contributed by atoms with Gasteiger partial charge in [-0.1, -0.05) is 35.7 Å². The van der Waals surface area contributed by atoms with Gasteiger partial charge in [0.05, 0.1) is 0 Å². The molecule has 3 heteroatoms. The molecule has 1 aromatic rings. The van der Waals surface area contributed by atoms with Crippen LogP contribution in [-0.4, -0.2) is 13.1 Å². The topological polar surface area (TPSA) is 12.0 Å². The van der Waals surface area contributed by atoms with Gasteiger partial charge < -0.3 is 5.32 Å². The maximum Gasteiger partial charge on any atom is 0.124 e. The molecule has 3 atom stereocenters. The second-order valence-corrected chi connectivity index (χ2v) is 6.82. The summed E-state index contributed by atoms with van der Waals surface area (Å²) in [6.07, 6.45) is 6.19. The normalized spacial score (nSPS) is 25.3. The van der Waals surface area contributed by atoms with Crippen molar-refractivity contribution < 1.29 is 4.39 Å². The molecule has 1 aliphatic carbocycles. The van der Waals surface area contributed by atoms with Crippen molar-refractivity contribution in [2.45, 2.75) is 45.1 Å². The van der Waals surface area contributed by atoms with Crippen LogP contribution in [0.2, 0.25) is 0 Å². The highest BCUT2D eigenvalue weighted by Crippen LogP contribution is 2.32. The molecule has 1 saturated carbocycles. The molecule has 0 bridgehead atoms. The van der Waals surface area contributed by atoms with Crippen molar-refractivity contribution in [1.82, 2.24) is 5.32 Å². The standard InChI is InChI=1S/C16H23BrFN/c1-11-4-3-5-13(6-11)16(19-2)9-12-7-14(17)10-15(18)8-12/h7-8,10-11,13,16,19H,3-6,9H2,1-2H3. The second-order valence-electron chi connectivity index (χ2n) is 5.91. The van der Waals surface area contributed by atoms with Crippen molar-refractivity contribution in [3.05, 3.63) is 34.1 Å². The largest absolute Gasteiger partial charge is 0.316 e. The van der Waals surface area contributed by atoms with E-state index in [2.05, 4.69) is 28.2 Å². The fourth-order valence-electron chi connectivity index (χ4n) is 3.33. The lowest BCUT2D eigenvalue weighted by atomic mass is 9.77. The Bertz CT molecular complexity index is 401. The van der Waals surface area contributed by atoms with Crippen molar-refractivity contribution in [3.63, 3.8) is 0 Å². The zero-order valence-electron chi connectivity index (χ0n) is 11.8. The molecule has 0 aliphatic heterocycles. The van der Waals surface area contributed by atoms with E-state index in [0.29, 0.717) is 6.04 Å². The van der Waals surface area contributed by atoms with Crippen LogP contribution >= 0.6 is 15.9 Å². The van der Waals surface area contributed by atoms with Gasteiger partial charge in [-0.05, 0) is 61.9 Å². The minimum absolute atomic E-state index is 0.156. The molecule has 1 aromatic carbocycles. The van der Waals surface area contributed by atoms with Gasteiger partial charge in [0.2, 0.25) is 0 Å². The summed E-state index contributed by atoms with van der Waals surface area (Å²) < 4.78 is 14.3. The number of hydrogen-bond acceptors (Lipinski definition) is 1. The van der Waals surface area contributed by atoms with Gasteiger partial charge in [0, 0.05) is 10.5 Å². The van der Waals surface area contributed by atoms with E-state index in [1.807, 2.05) is 13.1 Å². The van der Waals surface area contributed by atoms with E-state index in [1.165, 1.54) is 31.7 Å². The highest BCUT2D eigenvalue weighted by molar-refractivity contribution is 9.10. The molecular formula is C16H23BrFN. The molecule has 2 rings (SSSR count). The third-order valence-corrected chi connectivity index (χ3v) is 4.75. The second kappa shape index (κ2) is 6.85. The van der Waals surface area contributed by atoms with E-state index in [9.17, 15) is 4.39 Å². The maximum atomic E-state index is 13.4. The number of benzene rings is 1. The maximum absolute atomic E-state index is 13.4. The Hall–Kier alpha value is -0.410. The molecule has 1 N–H and O–H groups in total. The fourth-order valence-corrected chi connectivity index (χ4v) is 3.85. The summed E-state index contributed by atoms with van der Waals surface area (Å²) in [5.74, 6) is 1.39. The van der Waals surface area contributed by atoms with Gasteiger partial charge in [-0.15, -0.1) is 0 Å². The zero-order valence-corrected chi connectivity index (χ0v) is 13.3. The molecule has 3 unspecified atom stereocenters. The third kappa shape index (κ3) is 4.28. The first-order valence-electron chi connectivity index (χ1n) is 7.20. The summed E-state index contributed by atoms with van der Waals surface area (Å²) in [4.78, 5) is 0. The third-order valence-electron chi connectivity index (χ3n) is 4.29. The lowest BCUT2D eigenvalue weighted by Gasteiger charge is -2.33. The first-order valence-corrected chi connectivity index (χ1v) is 8.00. The van der Waals surface area contributed by atoms with Crippen LogP contribution in [0.4, 0.5) is 4.39 Å². The molecule has 0 spiro atoms. The van der Waals surface area contributed by atoms with Gasteiger partial charge in [0.25, 0.3) is 0 Å². The van der Waals surface area contributed by atoms with Crippen LogP contribution in [0, 0.1) is 17.7 Å². The van der Waals surface area contributed by atoms with Crippen molar-refractivity contribution >= 4 is 15.9 Å². The Balaban J connectivity index is 2.05. The number of nitrogens with one attached hydrogen (secondary N) is 1. The number of halogens is 2. The summed E-state index contributed by atoms with van der Waals surface area (Å²) in [6.45, 7) is 2.34. The minimum atomic E-state index is -0.156. The Labute approximate surface area is 124 Å². The highest BCUT2D eigenvalue weighted by atomic mass is 79.9. The Morgan fingerprint density at radius 2 is 2.16 bits per heavy atom. The van der Waals surface area contributed by atoms with E-state index in [4.69, 9.17) is 0 Å². The molecule has 0 saturated heterocycles. The highest BCUT2D eigenvalue weighted by Gasteiger charge is 2.25. The average Bonchev–Trinajstić information content (AvgIpc) is 2.34. The predicted octanol–water partition coefficient (Wildman–Crippen LogP) is 4.55. The smallest absolute Gasteiger partial charge is 0.124 e. The molecular weight excluding hydrogens is 305 g/mol. The van der Waals surface area contributed by atoms with E-state index in [0.717, 1.165) is 28.3 Å². The van der Waals surface area contributed by atoms with Crippen LogP contribution in [0.15, 0.2) is 22.7 Å². The van der Waals surface area contributed by atoms with Gasteiger partial charge in [0.15, 0.2) is 0 Å². The number of hydrogen-bond donors (Lipinski definition) is 1. The fraction of sp³-hybridized carbons (Fsp3) is 0.625. The van der Waals surface area contributed by atoms with E-state index >= 15 is 0 Å². The van der Waals surface area contributed by atoms with Crippen LogP contribution in [0.5, 0.6) is 0 Å². The quantitative estimate of drug-likeness (QED) is 0.855. The Morgan fingerprint density at radius 3 is 2.79 bits per heavy atom. The van der Waals surface area contributed by atoms with Gasteiger partial charge in [-0.3, -0.25) is 0 Å². The first-order chi connectivity index (χ1) is 9.08. The molecule has 19 heavy (non-hydrogen) atoms. The number of likely N-dealkylation sites (N-methyl/N-ethyl adjacent to an activating group) is 1. The molecule has 0 amide bonds. The number of rotatable bonds is 4. The van der Waals surface area contributed by atoms with Crippen LogP contribution < -0.4 is 5.32 Å². The van der Waals surface area contributed by atoms with E-state index in [-0.39, 0.29) is 5.82 Å². The molecule has 1 fully saturated rings. The summed E-state index contributed by atoms with van der Waals surface area (Å²) in [5.41, 5.74) is 1.07. The molecule has 0 radical (unpaired) electrons. The molecule has 0 aromatic heterocycles. The summed E-state index contributed by atoms with van der Waals surface area (Å²) >= 11 is 3.37. The lowest BCUT2D eigenvalue weighted by molar-refractivity contribution is 0.227. The molecule has 1 aliphatic rings. The molecule has 0 heterocycles. The van der Waals surface area contributed by atoms with Gasteiger partial charge in [-0.25, -0.2) is 4.39 Å². The van der Waals surface area contributed by atoms with Crippen molar-refractivity contribution in [3.8, 4) is 0 Å². The SMILES string of the molecule is CNC(Cc1cc(F)cc(Br)c1)C1CCCC(C)C1. The van der Waals surface area contributed by atoms with Crippen LogP contribution in [0.1, 0.15) is 38.2 Å². The van der Waals surface area contributed by atoms with Crippen LogP contribution in [0.25, 0.3) is 0 Å². The lowest BCUT2D eigenvalue weighted by Crippen LogP contribution is -2.38. The van der Waals surface area contributed by atoms with Crippen LogP contribution in [0.3, 0.4) is 0 Å². The Kier molecular flexibility index (Phi) is 5.40. The minimum Gasteiger partial charge on any atom is -0.316 e. The van der Waals surface area contributed by atoms with Crippen LogP contribution in [-0.2, 0) is 6.42 Å². The zero-order chi connectivity index (χ0) is 13.8. The van der Waals surface area contributed by atoms with Gasteiger partial charge in [0.1, 0.15) is 5.82 Å². The summed E-state index contributed by atoms with van der Waals surface area (Å²) in [5, 5.41) is 3.44. The van der Waals surface area contributed by atoms with Crippen molar-refractivity contribution in [1.29, 1.82) is 0 Å². The molecule has 1 nitrogen and oxygen atoms in total. The average molecular weight is 328 g/mol. The Morgan fingerprint density at radius 1 is 1.37 bits per heavy atom. The molecule has 106 valence electrons. The van der Waals surface area contributed by atoms with Gasteiger partial charge >= 0.3 is 0 Å². The first kappa shape index (κ1) is 15.0. The monoisotopic (exact) mass is 327 g/mol.